The number of benzene rings is 1. The van der Waals surface area contributed by atoms with Crippen molar-refractivity contribution in [3.05, 3.63) is 51.8 Å². The molecule has 5 nitrogen and oxygen atoms in total. The van der Waals surface area contributed by atoms with Crippen LogP contribution >= 0.6 is 11.6 Å². The lowest BCUT2D eigenvalue weighted by Gasteiger charge is -2.21. The molecule has 1 aliphatic rings. The molecule has 2 N–H and O–H groups in total. The summed E-state index contributed by atoms with van der Waals surface area (Å²) in [5, 5.41) is 12.5. The largest absolute Gasteiger partial charge is 0.478 e. The van der Waals surface area contributed by atoms with E-state index in [1.54, 1.807) is 32.0 Å². The molecule has 110 valence electrons. The second-order valence-corrected chi connectivity index (χ2v) is 5.10. The van der Waals surface area contributed by atoms with Crippen LogP contribution in [0.5, 0.6) is 5.75 Å². The Bertz CT molecular complexity index is 676. The Morgan fingerprint density at radius 3 is 2.52 bits per heavy atom. The number of carboxylic acid groups (broad SMARTS) is 1. The summed E-state index contributed by atoms with van der Waals surface area (Å²) in [6.07, 6.45) is 0.0272. The zero-order chi connectivity index (χ0) is 15.6. The Kier molecular flexibility index (Phi) is 4.33. The Hall–Kier alpha value is -2.27. The standard InChI is InChI=1S/C15H14ClNO4/c1-8-12(14(18)19)7-13(9(2)17-8)15(20)21-11-5-3-4-10(16)6-11/h3-6,17H,7H2,1-2H3,(H,18,19). The summed E-state index contributed by atoms with van der Waals surface area (Å²) < 4.78 is 5.23. The lowest BCUT2D eigenvalue weighted by Crippen LogP contribution is -2.26. The molecule has 1 aromatic carbocycles. The van der Waals surface area contributed by atoms with Crippen molar-refractivity contribution in [3.8, 4) is 5.75 Å². The molecular formula is C15H14ClNO4. The van der Waals surface area contributed by atoms with Gasteiger partial charge in [0.15, 0.2) is 0 Å². The van der Waals surface area contributed by atoms with E-state index in [9.17, 15) is 9.59 Å². The topological polar surface area (TPSA) is 75.6 Å². The number of aliphatic carboxylic acids is 1. The number of halogens is 1. The predicted octanol–water partition coefficient (Wildman–Crippen LogP) is 2.87. The third kappa shape index (κ3) is 3.44. The average molecular weight is 308 g/mol. The molecule has 21 heavy (non-hydrogen) atoms. The Labute approximate surface area is 126 Å². The zero-order valence-electron chi connectivity index (χ0n) is 11.6. The SMILES string of the molecule is CC1=C(C(=O)O)CC(C(=O)Oc2cccc(Cl)c2)=C(C)N1. The van der Waals surface area contributed by atoms with E-state index in [2.05, 4.69) is 5.32 Å². The highest BCUT2D eigenvalue weighted by molar-refractivity contribution is 6.30. The van der Waals surface area contributed by atoms with Crippen LogP contribution in [0.15, 0.2) is 46.8 Å². The predicted molar refractivity (Wildman–Crippen MR) is 77.9 cm³/mol. The fourth-order valence-electron chi connectivity index (χ4n) is 2.03. The van der Waals surface area contributed by atoms with Crippen LogP contribution in [0.4, 0.5) is 0 Å². The van der Waals surface area contributed by atoms with Crippen molar-refractivity contribution in [2.24, 2.45) is 0 Å². The van der Waals surface area contributed by atoms with Crippen LogP contribution in [0.2, 0.25) is 5.02 Å². The lowest BCUT2D eigenvalue weighted by molar-refractivity contribution is -0.132. The third-order valence-electron chi connectivity index (χ3n) is 3.15. The maximum absolute atomic E-state index is 12.2. The molecule has 6 heteroatoms. The first-order chi connectivity index (χ1) is 9.88. The molecule has 0 aliphatic carbocycles. The molecule has 1 aromatic rings. The van der Waals surface area contributed by atoms with Crippen molar-refractivity contribution in [2.75, 3.05) is 0 Å². The Balaban J connectivity index is 2.19. The van der Waals surface area contributed by atoms with Crippen LogP contribution in [-0.2, 0) is 9.59 Å². The van der Waals surface area contributed by atoms with Crippen LogP contribution in [0, 0.1) is 0 Å². The number of carboxylic acids is 1. The molecule has 0 spiro atoms. The molecule has 0 saturated heterocycles. The molecule has 0 unspecified atom stereocenters. The van der Waals surface area contributed by atoms with Crippen molar-refractivity contribution in [2.45, 2.75) is 20.3 Å². The molecule has 0 atom stereocenters. The number of dihydropyridines is 1. The third-order valence-corrected chi connectivity index (χ3v) is 3.38. The van der Waals surface area contributed by atoms with Gasteiger partial charge in [0, 0.05) is 22.8 Å². The minimum Gasteiger partial charge on any atom is -0.478 e. The maximum atomic E-state index is 12.2. The molecule has 1 aliphatic heterocycles. The monoisotopic (exact) mass is 307 g/mol. The summed E-state index contributed by atoms with van der Waals surface area (Å²) in [6, 6.07) is 6.46. The van der Waals surface area contributed by atoms with Gasteiger partial charge in [-0.05, 0) is 32.0 Å². The molecule has 1 heterocycles. The van der Waals surface area contributed by atoms with Gasteiger partial charge in [0.2, 0.25) is 0 Å². The molecule has 0 saturated carbocycles. The number of nitrogens with one attached hydrogen (secondary N) is 1. The normalized spacial score (nSPS) is 14.8. The highest BCUT2D eigenvalue weighted by atomic mass is 35.5. The molecule has 0 radical (unpaired) electrons. The fourth-order valence-corrected chi connectivity index (χ4v) is 2.21. The fraction of sp³-hybridized carbons (Fsp3) is 0.200. The average Bonchev–Trinajstić information content (AvgIpc) is 2.37. The van der Waals surface area contributed by atoms with Crippen LogP contribution in [0.25, 0.3) is 0 Å². The van der Waals surface area contributed by atoms with Gasteiger partial charge in [-0.2, -0.15) is 0 Å². The summed E-state index contributed by atoms with van der Waals surface area (Å²) in [6.45, 7) is 3.36. The maximum Gasteiger partial charge on any atom is 0.341 e. The Morgan fingerprint density at radius 1 is 1.24 bits per heavy atom. The minimum atomic E-state index is -1.06. The van der Waals surface area contributed by atoms with Gasteiger partial charge in [-0.15, -0.1) is 0 Å². The number of esters is 1. The summed E-state index contributed by atoms with van der Waals surface area (Å²) in [7, 11) is 0. The number of carbonyl (C=O) groups excluding carboxylic acids is 1. The van der Waals surface area contributed by atoms with Gasteiger partial charge in [0.25, 0.3) is 0 Å². The number of carbonyl (C=O) groups is 2. The molecule has 0 amide bonds. The first-order valence-electron chi connectivity index (χ1n) is 6.26. The molecule has 0 bridgehead atoms. The van der Waals surface area contributed by atoms with E-state index >= 15 is 0 Å². The van der Waals surface area contributed by atoms with Crippen molar-refractivity contribution in [3.63, 3.8) is 0 Å². The van der Waals surface area contributed by atoms with E-state index in [4.69, 9.17) is 21.4 Å². The van der Waals surface area contributed by atoms with Crippen molar-refractivity contribution >= 4 is 23.5 Å². The summed E-state index contributed by atoms with van der Waals surface area (Å²) >= 11 is 5.83. The first-order valence-corrected chi connectivity index (χ1v) is 6.64. The number of hydrogen-bond acceptors (Lipinski definition) is 4. The summed E-state index contributed by atoms with van der Waals surface area (Å²) in [5.41, 5.74) is 1.56. The minimum absolute atomic E-state index is 0.0272. The molecule has 0 fully saturated rings. The quantitative estimate of drug-likeness (QED) is 0.663. The highest BCUT2D eigenvalue weighted by Crippen LogP contribution is 2.25. The van der Waals surface area contributed by atoms with Gasteiger partial charge in [-0.1, -0.05) is 17.7 Å². The smallest absolute Gasteiger partial charge is 0.341 e. The van der Waals surface area contributed by atoms with Gasteiger partial charge in [-0.25, -0.2) is 9.59 Å². The molecule has 0 aromatic heterocycles. The van der Waals surface area contributed by atoms with E-state index in [0.717, 1.165) is 0 Å². The van der Waals surface area contributed by atoms with Gasteiger partial charge in [-0.3, -0.25) is 0 Å². The summed E-state index contributed by atoms with van der Waals surface area (Å²) in [4.78, 5) is 23.3. The number of allylic oxidation sites excluding steroid dienone is 2. The second-order valence-electron chi connectivity index (χ2n) is 4.66. The lowest BCUT2D eigenvalue weighted by atomic mass is 9.98. The molecular weight excluding hydrogens is 294 g/mol. The summed E-state index contributed by atoms with van der Waals surface area (Å²) in [5.74, 6) is -1.33. The van der Waals surface area contributed by atoms with E-state index in [1.807, 2.05) is 0 Å². The second kappa shape index (κ2) is 6.01. The van der Waals surface area contributed by atoms with Crippen LogP contribution in [-0.4, -0.2) is 17.0 Å². The van der Waals surface area contributed by atoms with Crippen molar-refractivity contribution in [1.82, 2.24) is 5.32 Å². The number of hydrogen-bond donors (Lipinski definition) is 2. The molecule has 2 rings (SSSR count). The van der Waals surface area contributed by atoms with E-state index in [1.165, 1.54) is 6.07 Å². The van der Waals surface area contributed by atoms with Crippen LogP contribution < -0.4 is 10.1 Å². The first kappa shape index (κ1) is 15.1. The number of ether oxygens (including phenoxy) is 1. The van der Waals surface area contributed by atoms with E-state index in [0.29, 0.717) is 22.2 Å². The highest BCUT2D eigenvalue weighted by Gasteiger charge is 2.26. The zero-order valence-corrected chi connectivity index (χ0v) is 12.3. The van der Waals surface area contributed by atoms with Gasteiger partial charge in [0.1, 0.15) is 5.75 Å². The van der Waals surface area contributed by atoms with E-state index in [-0.39, 0.29) is 17.6 Å². The van der Waals surface area contributed by atoms with Crippen molar-refractivity contribution < 1.29 is 19.4 Å². The van der Waals surface area contributed by atoms with Gasteiger partial charge >= 0.3 is 11.9 Å². The van der Waals surface area contributed by atoms with Gasteiger partial charge < -0.3 is 15.2 Å². The van der Waals surface area contributed by atoms with Crippen LogP contribution in [0.3, 0.4) is 0 Å². The van der Waals surface area contributed by atoms with Crippen molar-refractivity contribution in [1.29, 1.82) is 0 Å². The number of rotatable bonds is 3. The van der Waals surface area contributed by atoms with Crippen LogP contribution in [0.1, 0.15) is 20.3 Å². The Morgan fingerprint density at radius 2 is 1.90 bits per heavy atom. The van der Waals surface area contributed by atoms with E-state index < -0.39 is 11.9 Å². The van der Waals surface area contributed by atoms with Gasteiger partial charge in [0.05, 0.1) is 11.1 Å².